The molecule has 1 heterocycles. The van der Waals surface area contributed by atoms with Crippen LogP contribution in [0.5, 0.6) is 0 Å². The van der Waals surface area contributed by atoms with Crippen LogP contribution in [0.4, 0.5) is 11.4 Å². The van der Waals surface area contributed by atoms with Gasteiger partial charge in [0.1, 0.15) is 5.76 Å². The molecule has 0 aliphatic heterocycles. The lowest BCUT2D eigenvalue weighted by atomic mass is 10.0. The molecule has 2 aromatic rings. The van der Waals surface area contributed by atoms with E-state index in [-0.39, 0.29) is 0 Å². The quantitative estimate of drug-likeness (QED) is 0.426. The summed E-state index contributed by atoms with van der Waals surface area (Å²) in [4.78, 5) is 0. The third-order valence-corrected chi connectivity index (χ3v) is 3.91. The number of rotatable bonds is 6. The van der Waals surface area contributed by atoms with Crippen molar-refractivity contribution in [2.24, 2.45) is 0 Å². The number of anilines is 2. The molecule has 26 heavy (non-hydrogen) atoms. The van der Waals surface area contributed by atoms with E-state index in [9.17, 15) is 0 Å². The van der Waals surface area contributed by atoms with Crippen LogP contribution in [0.2, 0.25) is 0 Å². The van der Waals surface area contributed by atoms with Crippen molar-refractivity contribution >= 4 is 23.1 Å². The third-order valence-electron chi connectivity index (χ3n) is 3.21. The van der Waals surface area contributed by atoms with Gasteiger partial charge in [0.2, 0.25) is 0 Å². The molecule has 0 saturated heterocycles. The van der Waals surface area contributed by atoms with Crippen molar-refractivity contribution in [3.63, 3.8) is 0 Å². The van der Waals surface area contributed by atoms with Gasteiger partial charge in [-0.25, -0.2) is 0 Å². The SMILES string of the molecule is CC.CC.CC.CSCCCNc1ccc(-c2c(C)noc2C)cc1N. The number of hydrogen-bond acceptors (Lipinski definition) is 5. The van der Waals surface area contributed by atoms with Gasteiger partial charge >= 0.3 is 0 Å². The summed E-state index contributed by atoms with van der Waals surface area (Å²) in [5, 5.41) is 7.35. The highest BCUT2D eigenvalue weighted by atomic mass is 32.2. The van der Waals surface area contributed by atoms with Gasteiger partial charge in [-0.15, -0.1) is 0 Å². The van der Waals surface area contributed by atoms with Gasteiger partial charge in [-0.05, 0) is 50.0 Å². The Balaban J connectivity index is 0. The lowest BCUT2D eigenvalue weighted by molar-refractivity contribution is 0.393. The number of thioether (sulfide) groups is 1. The molecule has 3 N–H and O–H groups in total. The zero-order valence-corrected chi connectivity index (χ0v) is 19.0. The first kappa shape index (κ1) is 26.6. The highest BCUT2D eigenvalue weighted by Gasteiger charge is 2.12. The van der Waals surface area contributed by atoms with E-state index in [2.05, 4.69) is 22.8 Å². The van der Waals surface area contributed by atoms with Crippen LogP contribution in [0.1, 0.15) is 59.4 Å². The van der Waals surface area contributed by atoms with Gasteiger partial charge in [0.25, 0.3) is 0 Å². The molecule has 0 bridgehead atoms. The topological polar surface area (TPSA) is 64.1 Å². The molecular formula is C21H39N3OS. The molecule has 0 aliphatic rings. The Bertz CT molecular complexity index is 563. The standard InChI is InChI=1S/C15H21N3OS.3C2H6/c1-10-15(11(2)19-18-10)12-5-6-14(13(16)9-12)17-7-4-8-20-3;3*1-2/h5-6,9,17H,4,7-8,16H2,1-3H3;3*1-2H3. The van der Waals surface area contributed by atoms with Crippen LogP contribution in [0.15, 0.2) is 22.7 Å². The minimum atomic E-state index is 0.756. The van der Waals surface area contributed by atoms with Crippen LogP contribution >= 0.6 is 11.8 Å². The molecule has 150 valence electrons. The summed E-state index contributed by atoms with van der Waals surface area (Å²) in [6.45, 7) is 16.8. The minimum Gasteiger partial charge on any atom is -0.397 e. The first-order valence-corrected chi connectivity index (χ1v) is 11.1. The molecule has 2 rings (SSSR count). The van der Waals surface area contributed by atoms with Crippen molar-refractivity contribution in [1.82, 2.24) is 5.16 Å². The zero-order valence-electron chi connectivity index (χ0n) is 18.2. The number of nitrogens with one attached hydrogen (secondary N) is 1. The van der Waals surface area contributed by atoms with E-state index in [1.165, 1.54) is 0 Å². The Morgan fingerprint density at radius 2 is 1.69 bits per heavy atom. The molecule has 0 aliphatic carbocycles. The van der Waals surface area contributed by atoms with Gasteiger partial charge in [0, 0.05) is 12.1 Å². The Morgan fingerprint density at radius 3 is 2.15 bits per heavy atom. The number of hydrogen-bond donors (Lipinski definition) is 2. The number of nitrogens with two attached hydrogens (primary N) is 1. The first-order valence-electron chi connectivity index (χ1n) is 9.69. The Morgan fingerprint density at radius 1 is 1.08 bits per heavy atom. The lowest BCUT2D eigenvalue weighted by Crippen LogP contribution is -2.05. The van der Waals surface area contributed by atoms with E-state index in [1.54, 1.807) is 0 Å². The second-order valence-electron chi connectivity index (χ2n) is 4.77. The Labute approximate surface area is 165 Å². The highest BCUT2D eigenvalue weighted by Crippen LogP contribution is 2.31. The van der Waals surface area contributed by atoms with Crippen LogP contribution in [0.25, 0.3) is 11.1 Å². The number of aromatic nitrogens is 1. The number of nitrogen functional groups attached to an aromatic ring is 1. The third kappa shape index (κ3) is 8.65. The molecule has 0 radical (unpaired) electrons. The molecular weight excluding hydrogens is 342 g/mol. The predicted molar refractivity (Wildman–Crippen MR) is 121 cm³/mol. The second kappa shape index (κ2) is 16.8. The largest absolute Gasteiger partial charge is 0.397 e. The maximum Gasteiger partial charge on any atom is 0.141 e. The van der Waals surface area contributed by atoms with Crippen LogP contribution < -0.4 is 11.1 Å². The van der Waals surface area contributed by atoms with Gasteiger partial charge in [-0.3, -0.25) is 0 Å². The summed E-state index contributed by atoms with van der Waals surface area (Å²) in [6, 6.07) is 6.05. The first-order chi connectivity index (χ1) is 12.6. The zero-order chi connectivity index (χ0) is 20.5. The average Bonchev–Trinajstić information content (AvgIpc) is 3.03. The summed E-state index contributed by atoms with van der Waals surface area (Å²) >= 11 is 1.86. The second-order valence-corrected chi connectivity index (χ2v) is 5.76. The summed E-state index contributed by atoms with van der Waals surface area (Å²) in [5.41, 5.74) is 10.8. The summed E-state index contributed by atoms with van der Waals surface area (Å²) < 4.78 is 5.20. The molecule has 0 spiro atoms. The number of nitrogens with zero attached hydrogens (tertiary/aromatic N) is 1. The summed E-state index contributed by atoms with van der Waals surface area (Å²) in [5.74, 6) is 1.98. The smallest absolute Gasteiger partial charge is 0.141 e. The molecule has 1 aromatic carbocycles. The van der Waals surface area contributed by atoms with Crippen LogP contribution in [-0.2, 0) is 0 Å². The molecule has 5 heteroatoms. The normalized spacial score (nSPS) is 8.96. The van der Waals surface area contributed by atoms with E-state index in [0.29, 0.717) is 0 Å². The fourth-order valence-corrected chi connectivity index (χ4v) is 2.65. The summed E-state index contributed by atoms with van der Waals surface area (Å²) in [6.07, 6.45) is 3.25. The molecule has 0 fully saturated rings. The van der Waals surface area contributed by atoms with Gasteiger partial charge in [0.05, 0.1) is 17.1 Å². The van der Waals surface area contributed by atoms with E-state index < -0.39 is 0 Å². The maximum absolute atomic E-state index is 6.12. The van der Waals surface area contributed by atoms with E-state index in [0.717, 1.165) is 52.7 Å². The van der Waals surface area contributed by atoms with Crippen LogP contribution in [0, 0.1) is 13.8 Å². The monoisotopic (exact) mass is 381 g/mol. The molecule has 0 unspecified atom stereocenters. The number of aryl methyl sites for hydroxylation is 2. The Kier molecular flexibility index (Phi) is 17.2. The average molecular weight is 382 g/mol. The highest BCUT2D eigenvalue weighted by molar-refractivity contribution is 7.98. The lowest BCUT2D eigenvalue weighted by Gasteiger charge is -2.10. The van der Waals surface area contributed by atoms with Gasteiger partial charge in [-0.1, -0.05) is 52.8 Å². The van der Waals surface area contributed by atoms with E-state index >= 15 is 0 Å². The van der Waals surface area contributed by atoms with Gasteiger partial charge in [-0.2, -0.15) is 11.8 Å². The minimum absolute atomic E-state index is 0.756. The fraction of sp³-hybridized carbons (Fsp3) is 0.571. The predicted octanol–water partition coefficient (Wildman–Crippen LogP) is 6.78. The molecule has 0 atom stereocenters. The Hall–Kier alpha value is -1.62. The van der Waals surface area contributed by atoms with Crippen LogP contribution in [-0.4, -0.2) is 23.7 Å². The van der Waals surface area contributed by atoms with Crippen molar-refractivity contribution in [2.45, 2.75) is 61.8 Å². The van der Waals surface area contributed by atoms with Gasteiger partial charge in [0.15, 0.2) is 0 Å². The molecule has 0 amide bonds. The van der Waals surface area contributed by atoms with Gasteiger partial charge < -0.3 is 15.6 Å². The van der Waals surface area contributed by atoms with Crippen molar-refractivity contribution < 1.29 is 4.52 Å². The van der Waals surface area contributed by atoms with E-state index in [4.69, 9.17) is 10.3 Å². The van der Waals surface area contributed by atoms with Crippen molar-refractivity contribution in [3.8, 4) is 11.1 Å². The summed E-state index contributed by atoms with van der Waals surface area (Å²) in [7, 11) is 0. The van der Waals surface area contributed by atoms with E-state index in [1.807, 2.05) is 79.3 Å². The number of benzene rings is 1. The maximum atomic E-state index is 6.12. The van der Waals surface area contributed by atoms with Crippen molar-refractivity contribution in [2.75, 3.05) is 29.6 Å². The molecule has 4 nitrogen and oxygen atoms in total. The molecule has 1 aromatic heterocycles. The van der Waals surface area contributed by atoms with Crippen LogP contribution in [0.3, 0.4) is 0 Å². The molecule has 0 saturated carbocycles. The van der Waals surface area contributed by atoms with Crippen molar-refractivity contribution in [1.29, 1.82) is 0 Å². The fourth-order valence-electron chi connectivity index (χ4n) is 2.21. The van der Waals surface area contributed by atoms with Crippen molar-refractivity contribution in [3.05, 3.63) is 29.7 Å².